The van der Waals surface area contributed by atoms with Gasteiger partial charge in [0, 0.05) is 38.8 Å². The molecule has 0 aliphatic heterocycles. The summed E-state index contributed by atoms with van der Waals surface area (Å²) in [5.74, 6) is 1.62. The van der Waals surface area contributed by atoms with E-state index in [-0.39, 0.29) is 5.91 Å². The van der Waals surface area contributed by atoms with Gasteiger partial charge in [-0.1, -0.05) is 0 Å². The van der Waals surface area contributed by atoms with Crippen molar-refractivity contribution in [2.45, 2.75) is 19.9 Å². The highest BCUT2D eigenvalue weighted by Crippen LogP contribution is 2.06. The van der Waals surface area contributed by atoms with Crippen LogP contribution in [0.2, 0.25) is 0 Å². The van der Waals surface area contributed by atoms with E-state index in [9.17, 15) is 4.79 Å². The fraction of sp³-hybridized carbons (Fsp3) is 0.583. The van der Waals surface area contributed by atoms with Crippen molar-refractivity contribution >= 4 is 11.7 Å². The Kier molecular flexibility index (Phi) is 5.51. The Balaban J connectivity index is 2.55. The number of rotatable bonds is 6. The molecule has 0 unspecified atom stereocenters. The SMILES string of the molecule is CNC(=O)CCN(C)Cc1nc(C)cc(NC)n1. The largest absolute Gasteiger partial charge is 0.373 e. The summed E-state index contributed by atoms with van der Waals surface area (Å²) in [6, 6.07) is 1.90. The van der Waals surface area contributed by atoms with E-state index in [1.807, 2.05) is 32.0 Å². The first-order valence-corrected chi connectivity index (χ1v) is 5.96. The zero-order valence-electron chi connectivity index (χ0n) is 11.4. The Morgan fingerprint density at radius 1 is 1.39 bits per heavy atom. The van der Waals surface area contributed by atoms with Crippen molar-refractivity contribution in [1.29, 1.82) is 0 Å². The van der Waals surface area contributed by atoms with E-state index in [0.717, 1.165) is 17.3 Å². The molecule has 1 rings (SSSR count). The first-order valence-electron chi connectivity index (χ1n) is 5.96. The predicted molar refractivity (Wildman–Crippen MR) is 71.3 cm³/mol. The molecular weight excluding hydrogens is 230 g/mol. The predicted octanol–water partition coefficient (Wildman–Crippen LogP) is 0.395. The number of amides is 1. The first-order chi connectivity index (χ1) is 8.55. The Morgan fingerprint density at radius 3 is 2.72 bits per heavy atom. The molecule has 2 N–H and O–H groups in total. The molecule has 1 aromatic heterocycles. The maximum absolute atomic E-state index is 11.1. The van der Waals surface area contributed by atoms with Gasteiger partial charge in [0.25, 0.3) is 0 Å². The van der Waals surface area contributed by atoms with E-state index in [1.165, 1.54) is 0 Å². The van der Waals surface area contributed by atoms with Crippen molar-refractivity contribution in [3.8, 4) is 0 Å². The van der Waals surface area contributed by atoms with Crippen LogP contribution in [0.25, 0.3) is 0 Å². The van der Waals surface area contributed by atoms with Crippen molar-refractivity contribution in [2.24, 2.45) is 0 Å². The molecule has 0 aliphatic carbocycles. The Morgan fingerprint density at radius 2 is 2.11 bits per heavy atom. The molecule has 18 heavy (non-hydrogen) atoms. The second-order valence-corrected chi connectivity index (χ2v) is 4.22. The van der Waals surface area contributed by atoms with Crippen LogP contribution in [-0.4, -0.2) is 48.5 Å². The first kappa shape index (κ1) is 14.4. The normalized spacial score (nSPS) is 10.5. The van der Waals surface area contributed by atoms with Gasteiger partial charge in [-0.05, 0) is 14.0 Å². The highest BCUT2D eigenvalue weighted by molar-refractivity contribution is 5.75. The molecule has 0 aliphatic rings. The second kappa shape index (κ2) is 6.90. The highest BCUT2D eigenvalue weighted by Gasteiger charge is 2.07. The van der Waals surface area contributed by atoms with Gasteiger partial charge in [0.2, 0.25) is 5.91 Å². The van der Waals surface area contributed by atoms with E-state index in [1.54, 1.807) is 7.05 Å². The number of nitrogens with zero attached hydrogens (tertiary/aromatic N) is 3. The molecule has 1 aromatic rings. The maximum atomic E-state index is 11.1. The Hall–Kier alpha value is -1.69. The number of hydrogen-bond donors (Lipinski definition) is 2. The third kappa shape index (κ3) is 4.67. The number of nitrogens with one attached hydrogen (secondary N) is 2. The van der Waals surface area contributed by atoms with E-state index >= 15 is 0 Å². The Labute approximate surface area is 108 Å². The summed E-state index contributed by atoms with van der Waals surface area (Å²) in [5.41, 5.74) is 0.934. The van der Waals surface area contributed by atoms with Gasteiger partial charge in [0.05, 0.1) is 6.54 Å². The zero-order chi connectivity index (χ0) is 13.5. The van der Waals surface area contributed by atoms with Gasteiger partial charge in [-0.15, -0.1) is 0 Å². The molecule has 1 heterocycles. The molecule has 0 radical (unpaired) electrons. The molecule has 0 aromatic carbocycles. The molecule has 0 saturated carbocycles. The summed E-state index contributed by atoms with van der Waals surface area (Å²) in [7, 11) is 5.43. The van der Waals surface area contributed by atoms with Crippen molar-refractivity contribution in [1.82, 2.24) is 20.2 Å². The summed E-state index contributed by atoms with van der Waals surface area (Å²) in [4.78, 5) is 21.9. The van der Waals surface area contributed by atoms with Gasteiger partial charge >= 0.3 is 0 Å². The van der Waals surface area contributed by atoms with Gasteiger partial charge in [-0.3, -0.25) is 9.69 Å². The van der Waals surface area contributed by atoms with Crippen molar-refractivity contribution in [3.05, 3.63) is 17.6 Å². The van der Waals surface area contributed by atoms with Crippen LogP contribution in [0.15, 0.2) is 6.07 Å². The monoisotopic (exact) mass is 251 g/mol. The van der Waals surface area contributed by atoms with Crippen LogP contribution in [0.1, 0.15) is 17.9 Å². The molecule has 1 amide bonds. The van der Waals surface area contributed by atoms with Crippen molar-refractivity contribution < 1.29 is 4.79 Å². The van der Waals surface area contributed by atoms with Crippen LogP contribution < -0.4 is 10.6 Å². The zero-order valence-corrected chi connectivity index (χ0v) is 11.4. The molecular formula is C12H21N5O. The molecule has 0 atom stereocenters. The summed E-state index contributed by atoms with van der Waals surface area (Å²) in [6.07, 6.45) is 0.484. The van der Waals surface area contributed by atoms with Crippen LogP contribution >= 0.6 is 0 Å². The second-order valence-electron chi connectivity index (χ2n) is 4.22. The van der Waals surface area contributed by atoms with Crippen LogP contribution in [0.5, 0.6) is 0 Å². The lowest BCUT2D eigenvalue weighted by Gasteiger charge is -2.15. The topological polar surface area (TPSA) is 70.2 Å². The third-order valence-corrected chi connectivity index (χ3v) is 2.57. The van der Waals surface area contributed by atoms with Gasteiger partial charge in [-0.2, -0.15) is 0 Å². The Bertz CT molecular complexity index is 407. The molecule has 0 saturated heterocycles. The number of hydrogen-bond acceptors (Lipinski definition) is 5. The third-order valence-electron chi connectivity index (χ3n) is 2.57. The summed E-state index contributed by atoms with van der Waals surface area (Å²) in [6.45, 7) is 3.26. The fourth-order valence-corrected chi connectivity index (χ4v) is 1.57. The number of aryl methyl sites for hydroxylation is 1. The average Bonchev–Trinajstić information content (AvgIpc) is 2.35. The summed E-state index contributed by atoms with van der Waals surface area (Å²) >= 11 is 0. The summed E-state index contributed by atoms with van der Waals surface area (Å²) < 4.78 is 0. The van der Waals surface area contributed by atoms with Crippen molar-refractivity contribution in [2.75, 3.05) is 33.0 Å². The maximum Gasteiger partial charge on any atom is 0.221 e. The minimum atomic E-state index is 0.0444. The van der Waals surface area contributed by atoms with Crippen LogP contribution in [0.3, 0.4) is 0 Å². The van der Waals surface area contributed by atoms with Gasteiger partial charge in [0.1, 0.15) is 11.6 Å². The highest BCUT2D eigenvalue weighted by atomic mass is 16.1. The number of carbonyl (C=O) groups is 1. The molecule has 6 nitrogen and oxygen atoms in total. The average molecular weight is 251 g/mol. The van der Waals surface area contributed by atoms with Crippen LogP contribution in [-0.2, 0) is 11.3 Å². The quantitative estimate of drug-likeness (QED) is 0.765. The molecule has 6 heteroatoms. The van der Waals surface area contributed by atoms with Gasteiger partial charge in [-0.25, -0.2) is 9.97 Å². The van der Waals surface area contributed by atoms with Crippen molar-refractivity contribution in [3.63, 3.8) is 0 Å². The lowest BCUT2D eigenvalue weighted by atomic mass is 10.3. The molecule has 0 fully saturated rings. The van der Waals surface area contributed by atoms with Crippen LogP contribution in [0, 0.1) is 6.92 Å². The number of carbonyl (C=O) groups excluding carboxylic acids is 1. The minimum absolute atomic E-state index is 0.0444. The molecule has 0 spiro atoms. The van der Waals surface area contributed by atoms with Crippen LogP contribution in [0.4, 0.5) is 5.82 Å². The minimum Gasteiger partial charge on any atom is -0.373 e. The van der Waals surface area contributed by atoms with E-state index in [2.05, 4.69) is 20.6 Å². The summed E-state index contributed by atoms with van der Waals surface area (Å²) in [5, 5.41) is 5.61. The number of aromatic nitrogens is 2. The van der Waals surface area contributed by atoms with Gasteiger partial charge in [0.15, 0.2) is 0 Å². The lowest BCUT2D eigenvalue weighted by molar-refractivity contribution is -0.120. The molecule has 100 valence electrons. The van der Waals surface area contributed by atoms with E-state index in [4.69, 9.17) is 0 Å². The standard InChI is InChI=1S/C12H21N5O/c1-9-7-10(13-2)16-11(15-9)8-17(4)6-5-12(18)14-3/h7H,5-6,8H2,1-4H3,(H,14,18)(H,13,15,16). The van der Waals surface area contributed by atoms with E-state index < -0.39 is 0 Å². The lowest BCUT2D eigenvalue weighted by Crippen LogP contribution is -2.27. The smallest absolute Gasteiger partial charge is 0.221 e. The van der Waals surface area contributed by atoms with E-state index in [0.29, 0.717) is 19.5 Å². The molecule has 0 bridgehead atoms. The fourth-order valence-electron chi connectivity index (χ4n) is 1.57. The number of anilines is 1. The van der Waals surface area contributed by atoms with Gasteiger partial charge < -0.3 is 10.6 Å².